The van der Waals surface area contributed by atoms with Crippen LogP contribution < -0.4 is 0 Å². The number of fused-ring (bicyclic) bond motifs is 10. The quantitative estimate of drug-likeness (QED) is 0.204. The Hall–Kier alpha value is -5.46. The van der Waals surface area contributed by atoms with Gasteiger partial charge in [0.2, 0.25) is 0 Å². The van der Waals surface area contributed by atoms with E-state index in [2.05, 4.69) is 108 Å². The summed E-state index contributed by atoms with van der Waals surface area (Å²) in [4.78, 5) is 0. The molecular formula is C38H19N3S2. The van der Waals surface area contributed by atoms with E-state index in [4.69, 9.17) is 0 Å². The van der Waals surface area contributed by atoms with Crippen molar-refractivity contribution in [1.29, 1.82) is 10.5 Å². The summed E-state index contributed by atoms with van der Waals surface area (Å²) in [6, 6.07) is 44.8. The van der Waals surface area contributed by atoms with Crippen LogP contribution in [0.2, 0.25) is 0 Å². The summed E-state index contributed by atoms with van der Waals surface area (Å²) in [5, 5.41) is 26.5. The van der Waals surface area contributed by atoms with Crippen LogP contribution in [0, 0.1) is 22.7 Å². The van der Waals surface area contributed by atoms with Crippen molar-refractivity contribution < 1.29 is 0 Å². The van der Waals surface area contributed by atoms with Gasteiger partial charge in [0.1, 0.15) is 0 Å². The molecule has 198 valence electrons. The van der Waals surface area contributed by atoms with Gasteiger partial charge in [0, 0.05) is 47.3 Å². The van der Waals surface area contributed by atoms with Crippen molar-refractivity contribution in [2.24, 2.45) is 0 Å². The van der Waals surface area contributed by atoms with Gasteiger partial charge in [-0.25, -0.2) is 0 Å². The lowest BCUT2D eigenvalue weighted by Gasteiger charge is -2.15. The number of rotatable bonds is 2. The number of aromatic nitrogens is 1. The number of nitriles is 2. The van der Waals surface area contributed by atoms with Crippen LogP contribution in [0.4, 0.5) is 0 Å². The van der Waals surface area contributed by atoms with Gasteiger partial charge in [0.15, 0.2) is 0 Å². The molecule has 43 heavy (non-hydrogen) atoms. The molecule has 0 spiro atoms. The summed E-state index contributed by atoms with van der Waals surface area (Å²) in [6.45, 7) is 0. The van der Waals surface area contributed by atoms with Crippen molar-refractivity contribution in [3.63, 3.8) is 0 Å². The van der Waals surface area contributed by atoms with Crippen molar-refractivity contribution in [2.75, 3.05) is 0 Å². The molecule has 0 aliphatic rings. The van der Waals surface area contributed by atoms with E-state index >= 15 is 0 Å². The lowest BCUT2D eigenvalue weighted by atomic mass is 9.98. The molecule has 0 saturated carbocycles. The van der Waals surface area contributed by atoms with E-state index in [1.807, 2.05) is 35.6 Å². The lowest BCUT2D eigenvalue weighted by molar-refractivity contribution is 1.18. The summed E-state index contributed by atoms with van der Waals surface area (Å²) in [6.07, 6.45) is 0. The topological polar surface area (TPSA) is 52.5 Å². The first-order chi connectivity index (χ1) is 21.2. The maximum atomic E-state index is 9.88. The number of benzene rings is 6. The van der Waals surface area contributed by atoms with Crippen LogP contribution in [0.5, 0.6) is 0 Å². The van der Waals surface area contributed by atoms with Gasteiger partial charge in [-0.15, -0.1) is 22.7 Å². The van der Waals surface area contributed by atoms with Gasteiger partial charge in [0.05, 0.1) is 49.4 Å². The third-order valence-electron chi connectivity index (χ3n) is 8.46. The molecule has 0 aliphatic heterocycles. The fourth-order valence-corrected chi connectivity index (χ4v) is 9.02. The van der Waals surface area contributed by atoms with E-state index < -0.39 is 0 Å². The highest BCUT2D eigenvalue weighted by molar-refractivity contribution is 7.33. The van der Waals surface area contributed by atoms with Crippen molar-refractivity contribution >= 4 is 84.8 Å². The van der Waals surface area contributed by atoms with Gasteiger partial charge in [-0.2, -0.15) is 10.5 Å². The maximum absolute atomic E-state index is 9.88. The highest BCUT2D eigenvalue weighted by Crippen LogP contribution is 2.46. The van der Waals surface area contributed by atoms with Gasteiger partial charge in [-0.05, 0) is 66.2 Å². The van der Waals surface area contributed by atoms with Gasteiger partial charge in [-0.3, -0.25) is 0 Å². The Morgan fingerprint density at radius 2 is 1.05 bits per heavy atom. The second kappa shape index (κ2) is 9.02. The molecule has 3 nitrogen and oxygen atoms in total. The minimum absolute atomic E-state index is 0.638. The molecule has 0 fully saturated rings. The summed E-state index contributed by atoms with van der Waals surface area (Å²) in [7, 11) is 0. The Kier molecular flexibility index (Phi) is 5.07. The summed E-state index contributed by atoms with van der Waals surface area (Å²) < 4.78 is 7.30. The molecule has 5 heteroatoms. The van der Waals surface area contributed by atoms with E-state index in [0.717, 1.165) is 33.2 Å². The van der Waals surface area contributed by atoms with Crippen LogP contribution in [0.3, 0.4) is 0 Å². The van der Waals surface area contributed by atoms with Crippen LogP contribution >= 0.6 is 22.7 Å². The predicted molar refractivity (Wildman–Crippen MR) is 181 cm³/mol. The van der Waals surface area contributed by atoms with E-state index in [0.29, 0.717) is 11.1 Å². The zero-order valence-electron chi connectivity index (χ0n) is 22.6. The highest BCUT2D eigenvalue weighted by Gasteiger charge is 2.18. The first kappa shape index (κ1) is 24.2. The summed E-state index contributed by atoms with van der Waals surface area (Å²) in [5.74, 6) is 0. The second-order valence-corrected chi connectivity index (χ2v) is 12.9. The number of thiophene rings is 2. The van der Waals surface area contributed by atoms with Crippen LogP contribution in [-0.4, -0.2) is 4.57 Å². The molecule has 3 aromatic heterocycles. The van der Waals surface area contributed by atoms with Crippen molar-refractivity contribution in [1.82, 2.24) is 4.57 Å². The molecule has 0 unspecified atom stereocenters. The summed E-state index contributed by atoms with van der Waals surface area (Å²) in [5.41, 5.74) is 6.77. The lowest BCUT2D eigenvalue weighted by Crippen LogP contribution is -1.98. The Balaban J connectivity index is 1.31. The van der Waals surface area contributed by atoms with Gasteiger partial charge in [0.25, 0.3) is 0 Å². The van der Waals surface area contributed by atoms with Crippen molar-refractivity contribution in [3.8, 4) is 29.0 Å². The number of hydrogen-bond donors (Lipinski definition) is 0. The van der Waals surface area contributed by atoms with Crippen molar-refractivity contribution in [2.45, 2.75) is 0 Å². The average molecular weight is 582 g/mol. The van der Waals surface area contributed by atoms with E-state index in [1.54, 1.807) is 11.3 Å². The Bertz CT molecular complexity index is 2650. The van der Waals surface area contributed by atoms with Crippen LogP contribution in [0.25, 0.3) is 79.0 Å². The van der Waals surface area contributed by atoms with Gasteiger partial charge in [-0.1, -0.05) is 54.6 Å². The van der Waals surface area contributed by atoms with Crippen LogP contribution in [-0.2, 0) is 0 Å². The zero-order valence-corrected chi connectivity index (χ0v) is 24.3. The Morgan fingerprint density at radius 3 is 1.70 bits per heavy atom. The summed E-state index contributed by atoms with van der Waals surface area (Å²) >= 11 is 3.62. The number of hydrogen-bond acceptors (Lipinski definition) is 4. The molecule has 0 aliphatic carbocycles. The molecule has 0 atom stereocenters. The molecular weight excluding hydrogens is 563 g/mol. The highest BCUT2D eigenvalue weighted by atomic mass is 32.1. The zero-order chi connectivity index (χ0) is 28.7. The fraction of sp³-hybridized carbons (Fsp3) is 0. The van der Waals surface area contributed by atoms with Crippen LogP contribution in [0.1, 0.15) is 11.1 Å². The second-order valence-electron chi connectivity index (χ2n) is 10.8. The molecule has 0 saturated heterocycles. The number of para-hydroxylation sites is 2. The van der Waals surface area contributed by atoms with E-state index in [1.165, 1.54) is 45.7 Å². The monoisotopic (exact) mass is 581 g/mol. The SMILES string of the molecule is N#Cc1ccc(-n2c3ccccc3c3ccccc32)c(-c2ccc3sc4c(ccc5c6cc(C#N)ccc6sc54)c3c2)c1. The minimum atomic E-state index is 0.638. The standard InChI is InChI=1S/C38H19N3S2/c39-20-22-9-14-34(41-32-7-3-1-5-25(32)26-6-2-4-8-33(26)41)29(17-22)24-11-16-36-31(19-24)28-13-12-27-30-18-23(21-40)10-15-35(30)42-37(27)38(28)43-36/h1-19H. The molecule has 3 heterocycles. The third-order valence-corrected chi connectivity index (χ3v) is 11.0. The van der Waals surface area contributed by atoms with Gasteiger partial charge >= 0.3 is 0 Å². The van der Waals surface area contributed by atoms with Crippen molar-refractivity contribution in [3.05, 3.63) is 126 Å². The molecule has 0 radical (unpaired) electrons. The molecule has 6 aromatic carbocycles. The van der Waals surface area contributed by atoms with E-state index in [-0.39, 0.29) is 0 Å². The Labute approximate surface area is 254 Å². The minimum Gasteiger partial charge on any atom is -0.309 e. The Morgan fingerprint density at radius 1 is 0.488 bits per heavy atom. The molecule has 9 aromatic rings. The molecule has 0 bridgehead atoms. The smallest absolute Gasteiger partial charge is 0.0991 e. The average Bonchev–Trinajstić information content (AvgIpc) is 3.73. The molecule has 0 amide bonds. The van der Waals surface area contributed by atoms with Crippen LogP contribution in [0.15, 0.2) is 115 Å². The number of nitrogens with zero attached hydrogens (tertiary/aromatic N) is 3. The third kappa shape index (κ3) is 3.44. The largest absolute Gasteiger partial charge is 0.309 e. The molecule has 9 rings (SSSR count). The molecule has 0 N–H and O–H groups in total. The fourth-order valence-electron chi connectivity index (χ4n) is 6.52. The predicted octanol–water partition coefficient (Wildman–Crippen LogP) is 10.9. The van der Waals surface area contributed by atoms with E-state index in [9.17, 15) is 10.5 Å². The maximum Gasteiger partial charge on any atom is 0.0991 e. The first-order valence-electron chi connectivity index (χ1n) is 14.0. The first-order valence-corrected chi connectivity index (χ1v) is 15.6. The van der Waals surface area contributed by atoms with Gasteiger partial charge < -0.3 is 4.57 Å². The normalized spacial score (nSPS) is 11.7.